The molecule has 3 rings (SSSR count). The second kappa shape index (κ2) is 11.6. The summed E-state index contributed by atoms with van der Waals surface area (Å²) in [5, 5.41) is 13.3. The summed E-state index contributed by atoms with van der Waals surface area (Å²) in [6.07, 6.45) is 1.47. The number of aryl methyl sites for hydroxylation is 2. The SMILES string of the molecule is CCOc1cc(/C=C(\C#N)C(=O)Nc2ccc(C)c(C)c2)cc(Cl)c1OCc1ccc(Cl)cc1. The van der Waals surface area contributed by atoms with Crippen LogP contribution in [0, 0.1) is 25.2 Å². The number of benzene rings is 3. The van der Waals surface area contributed by atoms with Gasteiger partial charge < -0.3 is 14.8 Å². The largest absolute Gasteiger partial charge is 0.490 e. The van der Waals surface area contributed by atoms with Crippen molar-refractivity contribution in [3.8, 4) is 17.6 Å². The molecule has 0 saturated carbocycles. The van der Waals surface area contributed by atoms with Crippen LogP contribution < -0.4 is 14.8 Å². The minimum Gasteiger partial charge on any atom is -0.490 e. The number of carbonyl (C=O) groups is 1. The molecule has 0 fully saturated rings. The predicted octanol–water partition coefficient (Wildman–Crippen LogP) is 7.13. The molecule has 0 aliphatic heterocycles. The Labute approximate surface area is 209 Å². The molecule has 0 unspecified atom stereocenters. The van der Waals surface area contributed by atoms with E-state index in [1.54, 1.807) is 30.3 Å². The number of hydrogen-bond acceptors (Lipinski definition) is 4. The molecule has 7 heteroatoms. The van der Waals surface area contributed by atoms with Crippen LogP contribution >= 0.6 is 23.2 Å². The number of nitrogens with zero attached hydrogens (tertiary/aromatic N) is 1. The maximum Gasteiger partial charge on any atom is 0.266 e. The summed E-state index contributed by atoms with van der Waals surface area (Å²) >= 11 is 12.4. The number of nitrogens with one attached hydrogen (secondary N) is 1. The molecule has 3 aromatic carbocycles. The third kappa shape index (κ3) is 6.54. The standard InChI is InChI=1S/C27H24Cl2N2O3/c1-4-33-25-14-20(13-24(29)26(25)34-16-19-6-8-22(28)9-7-19)12-21(15-30)27(32)31-23-10-5-17(2)18(3)11-23/h5-14H,4,16H2,1-3H3,(H,31,32)/b21-12+. The minimum atomic E-state index is -0.511. The fourth-order valence-electron chi connectivity index (χ4n) is 3.14. The average molecular weight is 495 g/mol. The van der Waals surface area contributed by atoms with Crippen LogP contribution in [0.5, 0.6) is 11.5 Å². The first-order chi connectivity index (χ1) is 16.3. The molecular formula is C27H24Cl2N2O3. The van der Waals surface area contributed by atoms with Gasteiger partial charge in [-0.1, -0.05) is 41.4 Å². The van der Waals surface area contributed by atoms with E-state index in [0.29, 0.717) is 39.4 Å². The second-order valence-electron chi connectivity index (χ2n) is 7.60. The van der Waals surface area contributed by atoms with E-state index in [2.05, 4.69) is 5.32 Å². The van der Waals surface area contributed by atoms with Gasteiger partial charge in [0.05, 0.1) is 11.6 Å². The molecule has 0 aromatic heterocycles. The molecule has 0 aliphatic carbocycles. The van der Waals surface area contributed by atoms with Crippen molar-refractivity contribution in [2.75, 3.05) is 11.9 Å². The van der Waals surface area contributed by atoms with Crippen molar-refractivity contribution < 1.29 is 14.3 Å². The smallest absolute Gasteiger partial charge is 0.266 e. The summed E-state index contributed by atoms with van der Waals surface area (Å²) in [7, 11) is 0. The van der Waals surface area contributed by atoms with E-state index in [4.69, 9.17) is 32.7 Å². The van der Waals surface area contributed by atoms with E-state index < -0.39 is 5.91 Å². The Kier molecular flexibility index (Phi) is 8.59. The van der Waals surface area contributed by atoms with Crippen molar-refractivity contribution in [1.29, 1.82) is 5.26 Å². The van der Waals surface area contributed by atoms with E-state index in [0.717, 1.165) is 16.7 Å². The number of ether oxygens (including phenoxy) is 2. The maximum atomic E-state index is 12.7. The zero-order valence-corrected chi connectivity index (χ0v) is 20.6. The number of amides is 1. The van der Waals surface area contributed by atoms with Crippen LogP contribution in [0.1, 0.15) is 29.2 Å². The van der Waals surface area contributed by atoms with Gasteiger partial charge in [-0.25, -0.2) is 0 Å². The van der Waals surface area contributed by atoms with E-state index in [1.807, 2.05) is 51.1 Å². The highest BCUT2D eigenvalue weighted by Gasteiger charge is 2.15. The van der Waals surface area contributed by atoms with Crippen molar-refractivity contribution in [3.63, 3.8) is 0 Å². The minimum absolute atomic E-state index is 0.0634. The highest BCUT2D eigenvalue weighted by molar-refractivity contribution is 6.32. The number of hydrogen-bond donors (Lipinski definition) is 1. The third-order valence-corrected chi connectivity index (χ3v) is 5.60. The predicted molar refractivity (Wildman–Crippen MR) is 137 cm³/mol. The molecule has 3 aromatic rings. The first-order valence-corrected chi connectivity index (χ1v) is 11.4. The van der Waals surface area contributed by atoms with Gasteiger partial charge >= 0.3 is 0 Å². The Balaban J connectivity index is 1.84. The quantitative estimate of drug-likeness (QED) is 0.267. The van der Waals surface area contributed by atoms with Crippen LogP contribution in [0.3, 0.4) is 0 Å². The zero-order chi connectivity index (χ0) is 24.7. The Hall–Kier alpha value is -3.46. The van der Waals surface area contributed by atoms with Crippen molar-refractivity contribution in [3.05, 3.63) is 92.5 Å². The molecule has 0 saturated heterocycles. The van der Waals surface area contributed by atoms with Crippen LogP contribution in [0.25, 0.3) is 6.08 Å². The van der Waals surface area contributed by atoms with Crippen LogP contribution in [0.15, 0.2) is 60.2 Å². The molecule has 1 N–H and O–H groups in total. The Morgan fingerprint density at radius 3 is 2.41 bits per heavy atom. The average Bonchev–Trinajstić information content (AvgIpc) is 2.80. The monoisotopic (exact) mass is 494 g/mol. The van der Waals surface area contributed by atoms with E-state index in [1.165, 1.54) is 6.08 Å². The summed E-state index contributed by atoms with van der Waals surface area (Å²) in [6.45, 7) is 6.45. The summed E-state index contributed by atoms with van der Waals surface area (Å²) in [4.78, 5) is 12.7. The van der Waals surface area contributed by atoms with Crippen molar-refractivity contribution in [2.24, 2.45) is 0 Å². The van der Waals surface area contributed by atoms with Gasteiger partial charge in [0.25, 0.3) is 5.91 Å². The lowest BCUT2D eigenvalue weighted by atomic mass is 10.1. The molecule has 0 spiro atoms. The first kappa shape index (κ1) is 25.2. The lowest BCUT2D eigenvalue weighted by Gasteiger charge is -2.15. The number of nitriles is 1. The lowest BCUT2D eigenvalue weighted by Crippen LogP contribution is -2.13. The molecule has 0 radical (unpaired) electrons. The summed E-state index contributed by atoms with van der Waals surface area (Å²) < 4.78 is 11.6. The summed E-state index contributed by atoms with van der Waals surface area (Å²) in [6, 6.07) is 18.1. The van der Waals surface area contributed by atoms with Crippen molar-refractivity contribution >= 4 is 40.9 Å². The molecule has 0 aliphatic rings. The molecule has 0 bridgehead atoms. The lowest BCUT2D eigenvalue weighted by molar-refractivity contribution is -0.112. The van der Waals surface area contributed by atoms with Gasteiger partial charge in [-0.3, -0.25) is 4.79 Å². The first-order valence-electron chi connectivity index (χ1n) is 10.6. The number of anilines is 1. The number of rotatable bonds is 8. The normalized spacial score (nSPS) is 11.0. The highest BCUT2D eigenvalue weighted by atomic mass is 35.5. The van der Waals surface area contributed by atoms with Crippen LogP contribution in [0.2, 0.25) is 10.0 Å². The Morgan fingerprint density at radius 1 is 1.03 bits per heavy atom. The molecule has 0 atom stereocenters. The van der Waals surface area contributed by atoms with Gasteiger partial charge in [-0.2, -0.15) is 5.26 Å². The molecule has 5 nitrogen and oxygen atoms in total. The van der Waals surface area contributed by atoms with Gasteiger partial charge in [-0.05, 0) is 85.5 Å². The van der Waals surface area contributed by atoms with Crippen LogP contribution in [-0.4, -0.2) is 12.5 Å². The van der Waals surface area contributed by atoms with E-state index in [9.17, 15) is 10.1 Å². The van der Waals surface area contributed by atoms with Crippen LogP contribution in [-0.2, 0) is 11.4 Å². The second-order valence-corrected chi connectivity index (χ2v) is 8.44. The molecule has 0 heterocycles. The number of halogens is 2. The molecular weight excluding hydrogens is 471 g/mol. The topological polar surface area (TPSA) is 71.3 Å². The van der Waals surface area contributed by atoms with Crippen LogP contribution in [0.4, 0.5) is 5.69 Å². The Bertz CT molecular complexity index is 1260. The maximum absolute atomic E-state index is 12.7. The highest BCUT2D eigenvalue weighted by Crippen LogP contribution is 2.38. The Morgan fingerprint density at radius 2 is 1.76 bits per heavy atom. The molecule has 34 heavy (non-hydrogen) atoms. The summed E-state index contributed by atoms with van der Waals surface area (Å²) in [5.74, 6) is 0.290. The zero-order valence-electron chi connectivity index (χ0n) is 19.1. The van der Waals surface area contributed by atoms with E-state index in [-0.39, 0.29) is 12.2 Å². The number of carbonyl (C=O) groups excluding carboxylic acids is 1. The van der Waals surface area contributed by atoms with Crippen molar-refractivity contribution in [1.82, 2.24) is 0 Å². The molecule has 1 amide bonds. The van der Waals surface area contributed by atoms with Crippen molar-refractivity contribution in [2.45, 2.75) is 27.4 Å². The molecule has 174 valence electrons. The fraction of sp³-hybridized carbons (Fsp3) is 0.185. The van der Waals surface area contributed by atoms with E-state index >= 15 is 0 Å². The van der Waals surface area contributed by atoms with Gasteiger partial charge in [-0.15, -0.1) is 0 Å². The fourth-order valence-corrected chi connectivity index (χ4v) is 3.54. The van der Waals surface area contributed by atoms with Gasteiger partial charge in [0.2, 0.25) is 0 Å². The van der Waals surface area contributed by atoms with Gasteiger partial charge in [0.1, 0.15) is 18.2 Å². The summed E-state index contributed by atoms with van der Waals surface area (Å²) in [5.41, 5.74) is 4.17. The third-order valence-electron chi connectivity index (χ3n) is 5.07. The van der Waals surface area contributed by atoms with Gasteiger partial charge in [0.15, 0.2) is 11.5 Å². The van der Waals surface area contributed by atoms with Gasteiger partial charge in [0, 0.05) is 10.7 Å².